The molecule has 1 N–H and O–H groups in total. The third-order valence-corrected chi connectivity index (χ3v) is 9.42. The van der Waals surface area contributed by atoms with Crippen molar-refractivity contribution in [1.82, 2.24) is 15.2 Å². The number of nitrogens with one attached hydrogen (secondary N) is 1. The number of rotatable bonds is 15. The Morgan fingerprint density at radius 3 is 2.28 bits per heavy atom. The van der Waals surface area contributed by atoms with Gasteiger partial charge in [-0.15, -0.1) is 0 Å². The zero-order valence-electron chi connectivity index (χ0n) is 27.1. The lowest BCUT2D eigenvalue weighted by molar-refractivity contribution is -0.386. The molecule has 2 aromatic carbocycles. The van der Waals surface area contributed by atoms with Crippen LogP contribution in [0.4, 0.5) is 5.69 Å². The van der Waals surface area contributed by atoms with Crippen LogP contribution >= 0.6 is 0 Å². The van der Waals surface area contributed by atoms with Gasteiger partial charge in [-0.25, -0.2) is 4.98 Å². The maximum absolute atomic E-state index is 13.9. The van der Waals surface area contributed by atoms with Gasteiger partial charge in [0, 0.05) is 31.1 Å². The molecule has 0 radical (unpaired) electrons. The fourth-order valence-electron chi connectivity index (χ4n) is 6.88. The lowest BCUT2D eigenvalue weighted by atomic mass is 9.82. The van der Waals surface area contributed by atoms with E-state index in [-0.39, 0.29) is 55.7 Å². The topological polar surface area (TPSA) is 124 Å². The van der Waals surface area contributed by atoms with E-state index in [0.29, 0.717) is 23.7 Å². The van der Waals surface area contributed by atoms with Gasteiger partial charge in [0.05, 0.1) is 10.5 Å². The Hall–Kier alpha value is -4.31. The van der Waals surface area contributed by atoms with Crippen molar-refractivity contribution in [2.24, 2.45) is 5.92 Å². The second kappa shape index (κ2) is 17.6. The Morgan fingerprint density at radius 2 is 1.60 bits per heavy atom. The number of hydrogen-bond donors (Lipinski definition) is 1. The zero-order chi connectivity index (χ0) is 32.8. The summed E-state index contributed by atoms with van der Waals surface area (Å²) in [5.74, 6) is 0.803. The lowest BCUT2D eigenvalue weighted by Crippen LogP contribution is -2.45. The summed E-state index contributed by atoms with van der Waals surface area (Å²) in [5.41, 5.74) is 1.31. The predicted octanol–water partition coefficient (Wildman–Crippen LogP) is 7.51. The van der Waals surface area contributed by atoms with Gasteiger partial charge >= 0.3 is 5.97 Å². The molecular formula is C37H46N4O6. The molecule has 1 aromatic heterocycles. The molecule has 0 aliphatic heterocycles. The van der Waals surface area contributed by atoms with Crippen molar-refractivity contribution in [3.05, 3.63) is 94.2 Å². The number of esters is 1. The van der Waals surface area contributed by atoms with Crippen molar-refractivity contribution in [2.45, 2.75) is 102 Å². The molecule has 2 aliphatic rings. The van der Waals surface area contributed by atoms with Crippen molar-refractivity contribution in [3.63, 3.8) is 0 Å². The molecule has 10 heteroatoms. The molecule has 2 saturated carbocycles. The smallest absolute Gasteiger partial charge is 0.325 e. The standard InChI is InChI=1S/C37H46N4O6/c42-36(40(31-17-9-3-10-18-31)26-37(43)46-27-28-13-5-1-6-14-28)22-21-33(29-15-7-2-8-16-29)38-24-30-23-35(39-25-34(30)41(44)45)47-32-19-11-4-12-20-32/h1,4-6,11-14,19-20,23,25,29,31,33,38H,2-3,7-10,15-18,21-22,24,26-27H2. The van der Waals surface area contributed by atoms with E-state index in [2.05, 4.69) is 10.3 Å². The molecule has 47 heavy (non-hydrogen) atoms. The van der Waals surface area contributed by atoms with Crippen molar-refractivity contribution in [3.8, 4) is 11.6 Å². The first-order chi connectivity index (χ1) is 23.0. The van der Waals surface area contributed by atoms with Gasteiger partial charge in [-0.3, -0.25) is 19.7 Å². The quantitative estimate of drug-likeness (QED) is 0.103. The predicted molar refractivity (Wildman–Crippen MR) is 179 cm³/mol. The van der Waals surface area contributed by atoms with E-state index in [4.69, 9.17) is 9.47 Å². The number of carbonyl (C=O) groups is 2. The van der Waals surface area contributed by atoms with Crippen LogP contribution in [0.15, 0.2) is 72.9 Å². The third-order valence-electron chi connectivity index (χ3n) is 9.42. The number of amides is 1. The van der Waals surface area contributed by atoms with Gasteiger partial charge in [-0.1, -0.05) is 87.1 Å². The van der Waals surface area contributed by atoms with Crippen molar-refractivity contribution in [1.29, 1.82) is 0 Å². The van der Waals surface area contributed by atoms with Crippen LogP contribution in [0.2, 0.25) is 0 Å². The molecule has 10 nitrogen and oxygen atoms in total. The average molecular weight is 643 g/mol. The number of pyridine rings is 1. The van der Waals surface area contributed by atoms with E-state index in [1.807, 2.05) is 48.5 Å². The van der Waals surface area contributed by atoms with E-state index >= 15 is 0 Å². The van der Waals surface area contributed by atoms with E-state index in [9.17, 15) is 19.7 Å². The first kappa shape index (κ1) is 34.0. The van der Waals surface area contributed by atoms with E-state index in [0.717, 1.165) is 63.4 Å². The van der Waals surface area contributed by atoms with Crippen molar-refractivity contribution in [2.75, 3.05) is 6.54 Å². The molecule has 1 unspecified atom stereocenters. The second-order valence-corrected chi connectivity index (χ2v) is 12.7. The number of nitrogens with zero attached hydrogens (tertiary/aromatic N) is 3. The molecule has 1 heterocycles. The summed E-state index contributed by atoms with van der Waals surface area (Å²) in [6, 6.07) is 20.4. The zero-order valence-corrected chi connectivity index (χ0v) is 27.1. The number of hydrogen-bond acceptors (Lipinski definition) is 8. The van der Waals surface area contributed by atoms with E-state index < -0.39 is 10.9 Å². The third kappa shape index (κ3) is 10.3. The summed E-state index contributed by atoms with van der Waals surface area (Å²) in [7, 11) is 0. The Bertz CT molecular complexity index is 1440. The van der Waals surface area contributed by atoms with Crippen LogP contribution in [-0.4, -0.2) is 45.3 Å². The first-order valence-electron chi connectivity index (χ1n) is 17.0. The monoisotopic (exact) mass is 642 g/mol. The maximum atomic E-state index is 13.9. The summed E-state index contributed by atoms with van der Waals surface area (Å²) in [6.45, 7) is 0.377. The van der Waals surface area contributed by atoms with E-state index in [1.165, 1.54) is 12.6 Å². The Balaban J connectivity index is 1.25. The number of benzene rings is 2. The van der Waals surface area contributed by atoms with Gasteiger partial charge in [-0.05, 0) is 55.7 Å². The summed E-state index contributed by atoms with van der Waals surface area (Å²) in [4.78, 5) is 44.2. The molecule has 250 valence electrons. The number of aromatic nitrogens is 1. The Labute approximate surface area is 277 Å². The molecule has 2 fully saturated rings. The highest BCUT2D eigenvalue weighted by Gasteiger charge is 2.30. The Kier molecular flexibility index (Phi) is 12.7. The molecule has 3 aromatic rings. The minimum atomic E-state index is -0.422. The lowest BCUT2D eigenvalue weighted by Gasteiger charge is -2.35. The van der Waals surface area contributed by atoms with Crippen LogP contribution in [0.5, 0.6) is 11.6 Å². The van der Waals surface area contributed by atoms with Crippen LogP contribution in [0, 0.1) is 16.0 Å². The van der Waals surface area contributed by atoms with Crippen molar-refractivity contribution >= 4 is 17.6 Å². The molecule has 0 spiro atoms. The summed E-state index contributed by atoms with van der Waals surface area (Å²) in [6.07, 6.45) is 12.7. The largest absolute Gasteiger partial charge is 0.459 e. The maximum Gasteiger partial charge on any atom is 0.325 e. The molecule has 1 atom stereocenters. The number of nitro groups is 1. The highest BCUT2D eigenvalue weighted by atomic mass is 16.6. The molecule has 0 bridgehead atoms. The number of ether oxygens (including phenoxy) is 2. The molecule has 0 saturated heterocycles. The van der Waals surface area contributed by atoms with Crippen molar-refractivity contribution < 1.29 is 24.0 Å². The Morgan fingerprint density at radius 1 is 0.936 bits per heavy atom. The molecular weight excluding hydrogens is 596 g/mol. The average Bonchev–Trinajstić information content (AvgIpc) is 3.11. The van der Waals surface area contributed by atoms with Gasteiger partial charge in [0.15, 0.2) is 0 Å². The van der Waals surface area contributed by atoms with Gasteiger partial charge in [0.1, 0.15) is 25.1 Å². The highest BCUT2D eigenvalue weighted by molar-refractivity contribution is 5.82. The fraction of sp³-hybridized carbons (Fsp3) is 0.486. The summed E-state index contributed by atoms with van der Waals surface area (Å²) < 4.78 is 11.4. The summed E-state index contributed by atoms with van der Waals surface area (Å²) >= 11 is 0. The number of carbonyl (C=O) groups excluding carboxylic acids is 2. The molecule has 2 aliphatic carbocycles. The normalized spacial score (nSPS) is 16.3. The molecule has 5 rings (SSSR count). The van der Waals surface area contributed by atoms with Crippen LogP contribution in [0.3, 0.4) is 0 Å². The van der Waals surface area contributed by atoms with Gasteiger partial charge < -0.3 is 19.7 Å². The van der Waals surface area contributed by atoms with E-state index in [1.54, 1.807) is 23.1 Å². The van der Waals surface area contributed by atoms with Gasteiger partial charge in [0.25, 0.3) is 5.69 Å². The first-order valence-corrected chi connectivity index (χ1v) is 17.0. The molecule has 1 amide bonds. The minimum absolute atomic E-state index is 0.0104. The van der Waals surface area contributed by atoms with Gasteiger partial charge in [-0.2, -0.15) is 0 Å². The SMILES string of the molecule is O=C(CN(C(=O)CCC(NCc1cc(Oc2ccccc2)ncc1[N+](=O)[O-])C1CCCCC1)C1CCCCC1)OCc1ccccc1. The van der Waals surface area contributed by atoms with Crippen LogP contribution < -0.4 is 10.1 Å². The van der Waals surface area contributed by atoms with Crippen LogP contribution in [0.1, 0.15) is 88.2 Å². The summed E-state index contributed by atoms with van der Waals surface area (Å²) in [5, 5.41) is 15.5. The minimum Gasteiger partial charge on any atom is -0.459 e. The number of para-hydroxylation sites is 1. The van der Waals surface area contributed by atoms with Crippen LogP contribution in [-0.2, 0) is 27.5 Å². The van der Waals surface area contributed by atoms with Gasteiger partial charge in [0.2, 0.25) is 11.8 Å². The van der Waals surface area contributed by atoms with Crippen LogP contribution in [0.25, 0.3) is 0 Å². The highest BCUT2D eigenvalue weighted by Crippen LogP contribution is 2.31. The second-order valence-electron chi connectivity index (χ2n) is 12.7. The fourth-order valence-corrected chi connectivity index (χ4v) is 6.88.